The molecule has 7 heteroatoms. The van der Waals surface area contributed by atoms with E-state index in [1.54, 1.807) is 12.2 Å². The summed E-state index contributed by atoms with van der Waals surface area (Å²) in [5, 5.41) is 10.5. The van der Waals surface area contributed by atoms with Crippen molar-refractivity contribution in [3.63, 3.8) is 0 Å². The molecule has 1 saturated heterocycles. The predicted octanol–water partition coefficient (Wildman–Crippen LogP) is 6.80. The summed E-state index contributed by atoms with van der Waals surface area (Å²) in [7, 11) is -4.14. The minimum atomic E-state index is -2.13. The molecule has 0 unspecified atom stereocenters. The molecule has 0 spiro atoms. The molecule has 0 radical (unpaired) electrons. The van der Waals surface area contributed by atoms with E-state index in [9.17, 15) is 5.11 Å². The quantitative estimate of drug-likeness (QED) is 0.264. The maximum atomic E-state index is 10.3. The molecule has 1 heterocycles. The molecular formula is C26H52O5Si2. The molecular weight excluding hydrogens is 448 g/mol. The second kappa shape index (κ2) is 10.8. The number of rotatable bonds is 10. The van der Waals surface area contributed by atoms with Crippen LogP contribution >= 0.6 is 0 Å². The molecule has 5 nitrogen and oxygen atoms in total. The molecule has 33 heavy (non-hydrogen) atoms. The summed E-state index contributed by atoms with van der Waals surface area (Å²) in [6.45, 7) is 32.1. The Hall–Kier alpha value is -0.286. The summed E-state index contributed by atoms with van der Waals surface area (Å²) in [5.41, 5.74) is 0. The first-order valence-electron chi connectivity index (χ1n) is 12.3. The van der Waals surface area contributed by atoms with Crippen LogP contribution < -0.4 is 0 Å². The Morgan fingerprint density at radius 1 is 0.909 bits per heavy atom. The molecule has 1 aliphatic rings. The highest BCUT2D eigenvalue weighted by atomic mass is 28.4. The standard InChI is InChI=1S/C26H52O5Si2/c1-15-16-20(27)17-18-21(31-33(13,14)25(6,7)8)23-22(28-26(9,10)29-23)19(2)30-32(11,12)24(3,4)5/h15,17-23,27H,1,16H2,2-14H3/b18-17+/t19-,20+,21-,22-,23-/m0/s1. The van der Waals surface area contributed by atoms with Crippen molar-refractivity contribution >= 4 is 16.6 Å². The molecule has 1 rings (SSSR count). The van der Waals surface area contributed by atoms with Gasteiger partial charge >= 0.3 is 0 Å². The maximum Gasteiger partial charge on any atom is 0.193 e. The van der Waals surface area contributed by atoms with Crippen LogP contribution in [0.15, 0.2) is 24.8 Å². The zero-order valence-electron chi connectivity index (χ0n) is 23.6. The average molecular weight is 501 g/mol. The summed E-state index contributed by atoms with van der Waals surface area (Å²) in [6, 6.07) is 0. The summed E-state index contributed by atoms with van der Waals surface area (Å²) < 4.78 is 26.4. The van der Waals surface area contributed by atoms with Crippen LogP contribution in [0, 0.1) is 0 Å². The van der Waals surface area contributed by atoms with Crippen LogP contribution in [0.4, 0.5) is 0 Å². The Morgan fingerprint density at radius 3 is 1.82 bits per heavy atom. The molecule has 1 aliphatic heterocycles. The highest BCUT2D eigenvalue weighted by Gasteiger charge is 2.51. The highest BCUT2D eigenvalue weighted by Crippen LogP contribution is 2.42. The lowest BCUT2D eigenvalue weighted by Gasteiger charge is -2.42. The van der Waals surface area contributed by atoms with Crippen molar-refractivity contribution in [2.45, 2.75) is 141 Å². The second-order valence-electron chi connectivity index (χ2n) is 13.0. The van der Waals surface area contributed by atoms with Gasteiger partial charge in [0.05, 0.1) is 18.3 Å². The molecule has 0 aromatic heterocycles. The van der Waals surface area contributed by atoms with E-state index in [1.807, 2.05) is 19.9 Å². The molecule has 0 bridgehead atoms. The number of ether oxygens (including phenoxy) is 2. The van der Waals surface area contributed by atoms with Gasteiger partial charge in [0.25, 0.3) is 0 Å². The van der Waals surface area contributed by atoms with Gasteiger partial charge in [0.2, 0.25) is 0 Å². The van der Waals surface area contributed by atoms with Crippen molar-refractivity contribution in [3.8, 4) is 0 Å². The van der Waals surface area contributed by atoms with E-state index in [2.05, 4.69) is 81.2 Å². The van der Waals surface area contributed by atoms with Gasteiger partial charge in [-0.25, -0.2) is 0 Å². The Labute approximate surface area is 206 Å². The van der Waals surface area contributed by atoms with Gasteiger partial charge in [-0.05, 0) is 63.5 Å². The van der Waals surface area contributed by atoms with Gasteiger partial charge in [0.1, 0.15) is 12.2 Å². The lowest BCUT2D eigenvalue weighted by atomic mass is 10.0. The molecule has 0 saturated carbocycles. The molecule has 0 aliphatic carbocycles. The number of hydrogen-bond acceptors (Lipinski definition) is 5. The van der Waals surface area contributed by atoms with Gasteiger partial charge in [-0.15, -0.1) is 6.58 Å². The van der Waals surface area contributed by atoms with Crippen molar-refractivity contribution in [2.75, 3.05) is 0 Å². The second-order valence-corrected chi connectivity index (χ2v) is 22.5. The van der Waals surface area contributed by atoms with Crippen LogP contribution in [-0.4, -0.2) is 58.0 Å². The van der Waals surface area contributed by atoms with Crippen molar-refractivity contribution in [1.82, 2.24) is 0 Å². The van der Waals surface area contributed by atoms with Crippen LogP contribution in [0.2, 0.25) is 36.3 Å². The number of hydrogen-bond donors (Lipinski definition) is 1. The zero-order chi connectivity index (χ0) is 26.0. The third kappa shape index (κ3) is 8.41. The summed E-state index contributed by atoms with van der Waals surface area (Å²) in [4.78, 5) is 0. The van der Waals surface area contributed by atoms with Gasteiger partial charge in [0, 0.05) is 0 Å². The Kier molecular flexibility index (Phi) is 10.0. The number of aliphatic hydroxyl groups is 1. The normalized spacial score (nSPS) is 25.3. The summed E-state index contributed by atoms with van der Waals surface area (Å²) in [6.07, 6.45) is 4.20. The molecule has 1 N–H and O–H groups in total. The van der Waals surface area contributed by atoms with E-state index in [-0.39, 0.29) is 34.5 Å². The fourth-order valence-corrected chi connectivity index (χ4v) is 6.03. The first-order chi connectivity index (χ1) is 14.6. The third-order valence-corrected chi connectivity index (χ3v) is 16.5. The number of aliphatic hydroxyl groups excluding tert-OH is 1. The topological polar surface area (TPSA) is 57.2 Å². The van der Waals surface area contributed by atoms with Gasteiger partial charge in [-0.2, -0.15) is 0 Å². The van der Waals surface area contributed by atoms with E-state index >= 15 is 0 Å². The van der Waals surface area contributed by atoms with Gasteiger partial charge in [0.15, 0.2) is 22.4 Å². The van der Waals surface area contributed by atoms with Gasteiger partial charge in [-0.3, -0.25) is 0 Å². The van der Waals surface area contributed by atoms with Crippen LogP contribution in [0.5, 0.6) is 0 Å². The van der Waals surface area contributed by atoms with E-state index in [0.29, 0.717) is 6.42 Å². The Morgan fingerprint density at radius 2 is 1.36 bits per heavy atom. The largest absolute Gasteiger partial charge is 0.411 e. The maximum absolute atomic E-state index is 10.3. The lowest BCUT2D eigenvalue weighted by molar-refractivity contribution is -0.157. The predicted molar refractivity (Wildman–Crippen MR) is 144 cm³/mol. The first kappa shape index (κ1) is 30.7. The van der Waals surface area contributed by atoms with Gasteiger partial charge < -0.3 is 23.4 Å². The van der Waals surface area contributed by atoms with Crippen molar-refractivity contribution in [2.24, 2.45) is 0 Å². The van der Waals surface area contributed by atoms with Crippen LogP contribution in [-0.2, 0) is 18.3 Å². The van der Waals surface area contributed by atoms with Crippen LogP contribution in [0.3, 0.4) is 0 Å². The molecule has 0 amide bonds. The third-order valence-electron chi connectivity index (χ3n) is 7.40. The van der Waals surface area contributed by atoms with Crippen molar-refractivity contribution in [1.29, 1.82) is 0 Å². The van der Waals surface area contributed by atoms with E-state index in [1.165, 1.54) is 0 Å². The van der Waals surface area contributed by atoms with Crippen molar-refractivity contribution in [3.05, 3.63) is 24.8 Å². The monoisotopic (exact) mass is 500 g/mol. The van der Waals surface area contributed by atoms with E-state index in [4.69, 9.17) is 18.3 Å². The summed E-state index contributed by atoms with van der Waals surface area (Å²) >= 11 is 0. The van der Waals surface area contributed by atoms with E-state index < -0.39 is 28.5 Å². The smallest absolute Gasteiger partial charge is 0.193 e. The molecule has 5 atom stereocenters. The molecule has 194 valence electrons. The minimum absolute atomic E-state index is 0.0343. The van der Waals surface area contributed by atoms with Gasteiger partial charge in [-0.1, -0.05) is 59.8 Å². The fourth-order valence-electron chi connectivity index (χ4n) is 3.36. The molecule has 0 aromatic carbocycles. The first-order valence-corrected chi connectivity index (χ1v) is 18.1. The fraction of sp³-hybridized carbons (Fsp3) is 0.846. The van der Waals surface area contributed by atoms with Crippen LogP contribution in [0.1, 0.15) is 68.7 Å². The summed E-state index contributed by atoms with van der Waals surface area (Å²) in [5.74, 6) is -0.747. The Balaban J connectivity index is 3.34. The molecule has 1 fully saturated rings. The SMILES string of the molecule is C=CC[C@@H](O)/C=C/[C@H](O[Si](C)(C)C(C)(C)C)[C@@H]1OC(C)(C)O[C@H]1[C@H](C)O[Si](C)(C)C(C)(C)C. The van der Waals surface area contributed by atoms with E-state index in [0.717, 1.165) is 0 Å². The van der Waals surface area contributed by atoms with Crippen LogP contribution in [0.25, 0.3) is 0 Å². The zero-order valence-corrected chi connectivity index (χ0v) is 25.6. The minimum Gasteiger partial charge on any atom is -0.411 e. The highest BCUT2D eigenvalue weighted by molar-refractivity contribution is 6.74. The van der Waals surface area contributed by atoms with Crippen molar-refractivity contribution < 1.29 is 23.4 Å². The Bertz CT molecular complexity index is 673. The molecule has 0 aromatic rings. The average Bonchev–Trinajstić information content (AvgIpc) is 2.92. The lowest BCUT2D eigenvalue weighted by Crippen LogP contribution is -2.52.